The van der Waals surface area contributed by atoms with Gasteiger partial charge in [0, 0.05) is 29.9 Å². The minimum Gasteiger partial charge on any atom is -0.505 e. The van der Waals surface area contributed by atoms with Gasteiger partial charge in [0.2, 0.25) is 0 Å². The Morgan fingerprint density at radius 3 is 2.20 bits per heavy atom. The van der Waals surface area contributed by atoms with Gasteiger partial charge in [-0.05, 0) is 126 Å². The predicted octanol–water partition coefficient (Wildman–Crippen LogP) is 11.2. The lowest BCUT2D eigenvalue weighted by molar-refractivity contribution is 0.0690. The number of likely N-dealkylation sites (tertiary alicyclic amines) is 1. The van der Waals surface area contributed by atoms with Crippen molar-refractivity contribution in [3.8, 4) is 0 Å². The van der Waals surface area contributed by atoms with Crippen LogP contribution in [0.3, 0.4) is 0 Å². The molecule has 1 aliphatic heterocycles. The molecule has 0 spiro atoms. The van der Waals surface area contributed by atoms with Gasteiger partial charge in [-0.1, -0.05) is 96.7 Å². The number of rotatable bonds is 16. The monoisotopic (exact) mass is 688 g/mol. The van der Waals surface area contributed by atoms with Gasteiger partial charge in [-0.15, -0.1) is 0 Å². The molecule has 5 nitrogen and oxygen atoms in total. The van der Waals surface area contributed by atoms with Crippen molar-refractivity contribution in [3.05, 3.63) is 173 Å². The Hall–Kier alpha value is -5.23. The molecule has 0 atom stereocenters. The zero-order valence-corrected chi connectivity index (χ0v) is 30.6. The summed E-state index contributed by atoms with van der Waals surface area (Å²) in [5.41, 5.74) is 7.23. The Bertz CT molecular complexity index is 1730. The van der Waals surface area contributed by atoms with E-state index in [1.165, 1.54) is 24.6 Å². The van der Waals surface area contributed by atoms with E-state index in [-0.39, 0.29) is 11.8 Å². The minimum atomic E-state index is -0.732. The van der Waals surface area contributed by atoms with Gasteiger partial charge >= 0.3 is 0 Å². The summed E-state index contributed by atoms with van der Waals surface area (Å²) in [7, 11) is 0. The fraction of sp³-hybridized carbons (Fsp3) is 0.289. The highest BCUT2D eigenvalue weighted by Crippen LogP contribution is 2.26. The molecule has 0 aromatic heterocycles. The number of carbonyl (C=O) groups is 2. The molecule has 1 fully saturated rings. The SMILES string of the molecule is C=C/C=C(\C=C/CCCC(=C)/C=C\C(=C/C)CC1CCN(C(=O)c2ccc(C)cc2)CC1)c1ccc(C(=O)N/C(C)=C/C=C(O)\C(F)=C/C)cc1. The standard InChI is InChI=1S/C45H53FN2O3/c1-7-13-38(39-23-25-40(26-24-39)44(50)47-35(6)19-27-43(49)42(46)9-3)15-12-10-11-14-33(4)16-20-36(8-2)32-37-28-30-48(31-29-37)45(51)41-21-17-34(5)18-22-41/h7-9,12-13,15-27,37,49H,1,4,10-11,14,28-32H2,2-3,5-6H3,(H,47,50)/b15-12-,20-16-,35-19+,36-8+,38-13+,42-9+,43-27+. The Morgan fingerprint density at radius 2 is 1.57 bits per heavy atom. The molecule has 2 N–H and O–H groups in total. The van der Waals surface area contributed by atoms with Gasteiger partial charge in [0.25, 0.3) is 11.8 Å². The van der Waals surface area contributed by atoms with Gasteiger partial charge in [-0.3, -0.25) is 9.59 Å². The highest BCUT2D eigenvalue weighted by Gasteiger charge is 2.24. The predicted molar refractivity (Wildman–Crippen MR) is 211 cm³/mol. The van der Waals surface area contributed by atoms with E-state index in [2.05, 4.69) is 55.8 Å². The number of aliphatic hydroxyl groups excluding tert-OH is 1. The molecule has 51 heavy (non-hydrogen) atoms. The van der Waals surface area contributed by atoms with E-state index in [4.69, 9.17) is 0 Å². The number of halogens is 1. The van der Waals surface area contributed by atoms with E-state index in [1.54, 1.807) is 25.1 Å². The van der Waals surface area contributed by atoms with Gasteiger partial charge in [-0.2, -0.15) is 0 Å². The molecule has 2 aromatic carbocycles. The number of hydrogen-bond acceptors (Lipinski definition) is 3. The first-order chi connectivity index (χ1) is 24.5. The first-order valence-electron chi connectivity index (χ1n) is 17.7. The molecule has 6 heteroatoms. The molecule has 0 saturated carbocycles. The second-order valence-corrected chi connectivity index (χ2v) is 12.9. The van der Waals surface area contributed by atoms with Crippen LogP contribution in [0.2, 0.25) is 0 Å². The van der Waals surface area contributed by atoms with Crippen molar-refractivity contribution < 1.29 is 19.1 Å². The van der Waals surface area contributed by atoms with Gasteiger partial charge < -0.3 is 15.3 Å². The van der Waals surface area contributed by atoms with E-state index < -0.39 is 11.6 Å². The number of aryl methyl sites for hydroxylation is 1. The average molecular weight is 689 g/mol. The lowest BCUT2D eigenvalue weighted by atomic mass is 9.89. The summed E-state index contributed by atoms with van der Waals surface area (Å²) in [5, 5.41) is 12.4. The number of aliphatic hydroxyl groups is 1. The first kappa shape index (κ1) is 40.2. The van der Waals surface area contributed by atoms with Crippen LogP contribution in [0.15, 0.2) is 151 Å². The Labute approximate surface area is 304 Å². The topological polar surface area (TPSA) is 69.6 Å². The molecule has 1 aliphatic rings. The van der Waals surface area contributed by atoms with Crippen LogP contribution in [0.4, 0.5) is 4.39 Å². The number of hydrogen-bond donors (Lipinski definition) is 2. The summed E-state index contributed by atoms with van der Waals surface area (Å²) in [6.45, 7) is 17.0. The Morgan fingerprint density at radius 1 is 0.922 bits per heavy atom. The molecule has 0 aliphatic carbocycles. The molecule has 2 amide bonds. The third-order valence-electron chi connectivity index (χ3n) is 8.87. The number of piperidine rings is 1. The van der Waals surface area contributed by atoms with Crippen LogP contribution >= 0.6 is 0 Å². The maximum atomic E-state index is 13.4. The molecule has 0 unspecified atom stereocenters. The minimum absolute atomic E-state index is 0.132. The van der Waals surface area contributed by atoms with Crippen molar-refractivity contribution in [1.29, 1.82) is 0 Å². The fourth-order valence-electron chi connectivity index (χ4n) is 5.71. The number of amides is 2. The van der Waals surface area contributed by atoms with E-state index >= 15 is 0 Å². The summed E-state index contributed by atoms with van der Waals surface area (Å²) in [6.07, 6.45) is 24.0. The van der Waals surface area contributed by atoms with Crippen molar-refractivity contribution in [2.45, 2.75) is 66.2 Å². The molecular formula is C45H53FN2O3. The maximum Gasteiger partial charge on any atom is 0.255 e. The summed E-state index contributed by atoms with van der Waals surface area (Å²) in [5.74, 6) is -0.835. The number of benzene rings is 2. The quantitative estimate of drug-likeness (QED) is 0.105. The largest absolute Gasteiger partial charge is 0.505 e. The van der Waals surface area contributed by atoms with Gasteiger partial charge in [-0.25, -0.2) is 4.39 Å². The van der Waals surface area contributed by atoms with Crippen LogP contribution in [-0.4, -0.2) is 34.9 Å². The molecule has 0 bridgehead atoms. The van der Waals surface area contributed by atoms with Crippen molar-refractivity contribution in [2.24, 2.45) is 5.92 Å². The van der Waals surface area contributed by atoms with E-state index in [0.29, 0.717) is 17.2 Å². The second-order valence-electron chi connectivity index (χ2n) is 12.9. The molecule has 1 heterocycles. The highest BCUT2D eigenvalue weighted by atomic mass is 19.1. The fourth-order valence-corrected chi connectivity index (χ4v) is 5.71. The van der Waals surface area contributed by atoms with Crippen LogP contribution in [0.25, 0.3) is 5.57 Å². The molecular weight excluding hydrogens is 636 g/mol. The van der Waals surface area contributed by atoms with E-state index in [9.17, 15) is 19.1 Å². The Balaban J connectivity index is 1.43. The maximum absolute atomic E-state index is 13.4. The molecule has 2 aromatic rings. The van der Waals surface area contributed by atoms with Gasteiger partial charge in [0.05, 0.1) is 0 Å². The number of nitrogens with one attached hydrogen (secondary N) is 1. The van der Waals surface area contributed by atoms with Crippen LogP contribution < -0.4 is 5.32 Å². The van der Waals surface area contributed by atoms with Crippen molar-refractivity contribution in [1.82, 2.24) is 10.2 Å². The second kappa shape index (κ2) is 21.1. The number of nitrogens with zero attached hydrogens (tertiary/aromatic N) is 1. The van der Waals surface area contributed by atoms with Crippen molar-refractivity contribution in [3.63, 3.8) is 0 Å². The molecule has 1 saturated heterocycles. The van der Waals surface area contributed by atoms with Gasteiger partial charge in [0.15, 0.2) is 11.6 Å². The van der Waals surface area contributed by atoms with E-state index in [1.807, 2.05) is 54.3 Å². The molecule has 3 rings (SSSR count). The number of allylic oxidation sites excluding steroid dienone is 15. The number of carbonyl (C=O) groups excluding carboxylic acids is 2. The summed E-state index contributed by atoms with van der Waals surface area (Å²) in [6, 6.07) is 15.1. The smallest absolute Gasteiger partial charge is 0.255 e. The number of unbranched alkanes of at least 4 members (excludes halogenated alkanes) is 1. The lowest BCUT2D eigenvalue weighted by Crippen LogP contribution is -2.38. The van der Waals surface area contributed by atoms with Crippen LogP contribution in [0.5, 0.6) is 0 Å². The lowest BCUT2D eigenvalue weighted by Gasteiger charge is -2.32. The van der Waals surface area contributed by atoms with Crippen LogP contribution in [-0.2, 0) is 0 Å². The summed E-state index contributed by atoms with van der Waals surface area (Å²) < 4.78 is 13.4. The molecule has 0 radical (unpaired) electrons. The van der Waals surface area contributed by atoms with Crippen LogP contribution in [0.1, 0.15) is 91.1 Å². The average Bonchev–Trinajstić information content (AvgIpc) is 3.14. The third-order valence-corrected chi connectivity index (χ3v) is 8.87. The molecule has 268 valence electrons. The summed E-state index contributed by atoms with van der Waals surface area (Å²) in [4.78, 5) is 27.6. The van der Waals surface area contributed by atoms with Gasteiger partial charge in [0.1, 0.15) is 0 Å². The van der Waals surface area contributed by atoms with Crippen molar-refractivity contribution in [2.75, 3.05) is 13.1 Å². The normalized spacial score (nSPS) is 15.5. The van der Waals surface area contributed by atoms with Crippen LogP contribution in [0, 0.1) is 12.8 Å². The zero-order valence-electron chi connectivity index (χ0n) is 30.6. The van der Waals surface area contributed by atoms with E-state index in [0.717, 1.165) is 85.5 Å². The highest BCUT2D eigenvalue weighted by molar-refractivity contribution is 5.96. The first-order valence-corrected chi connectivity index (χ1v) is 17.7. The zero-order chi connectivity index (χ0) is 37.2. The third kappa shape index (κ3) is 13.5. The summed E-state index contributed by atoms with van der Waals surface area (Å²) >= 11 is 0. The Kier molecular flexibility index (Phi) is 16.6. The van der Waals surface area contributed by atoms with Crippen molar-refractivity contribution >= 4 is 17.4 Å².